The monoisotopic (exact) mass is 234 g/mol. The van der Waals surface area contributed by atoms with Crippen LogP contribution in [0.5, 0.6) is 5.75 Å². The van der Waals surface area contributed by atoms with E-state index in [1.54, 1.807) is 7.11 Å². The molecule has 1 unspecified atom stereocenters. The fourth-order valence-electron chi connectivity index (χ4n) is 1.98. The van der Waals surface area contributed by atoms with Crippen LogP contribution in [0.1, 0.15) is 13.8 Å². The van der Waals surface area contributed by atoms with Gasteiger partial charge in [-0.25, -0.2) is 0 Å². The SMILES string of the molecule is COc1ccc2c(c1)NCC(C(C)C)C(=O)N2. The average molecular weight is 234 g/mol. The lowest BCUT2D eigenvalue weighted by atomic mass is 9.95. The van der Waals surface area contributed by atoms with Crippen molar-refractivity contribution in [1.82, 2.24) is 0 Å². The van der Waals surface area contributed by atoms with E-state index in [1.807, 2.05) is 18.2 Å². The minimum Gasteiger partial charge on any atom is -0.497 e. The minimum atomic E-state index is -0.00612. The molecule has 1 aliphatic rings. The van der Waals surface area contributed by atoms with Crippen LogP contribution in [0.25, 0.3) is 0 Å². The van der Waals surface area contributed by atoms with Crippen LogP contribution in [-0.2, 0) is 4.79 Å². The standard InChI is InChI=1S/C13H18N2O2/c1-8(2)10-7-14-12-6-9(17-3)4-5-11(12)15-13(10)16/h4-6,8,10,14H,7H2,1-3H3,(H,15,16). The van der Waals surface area contributed by atoms with Crippen LogP contribution in [0.2, 0.25) is 0 Å². The largest absolute Gasteiger partial charge is 0.497 e. The van der Waals surface area contributed by atoms with Crippen LogP contribution >= 0.6 is 0 Å². The van der Waals surface area contributed by atoms with Gasteiger partial charge in [0.05, 0.1) is 24.4 Å². The van der Waals surface area contributed by atoms with E-state index in [2.05, 4.69) is 24.5 Å². The Morgan fingerprint density at radius 1 is 1.35 bits per heavy atom. The number of nitrogens with one attached hydrogen (secondary N) is 2. The summed E-state index contributed by atoms with van der Waals surface area (Å²) < 4.78 is 5.17. The van der Waals surface area contributed by atoms with Gasteiger partial charge in [0.25, 0.3) is 0 Å². The molecule has 0 saturated carbocycles. The Hall–Kier alpha value is -1.71. The van der Waals surface area contributed by atoms with E-state index in [4.69, 9.17) is 4.74 Å². The smallest absolute Gasteiger partial charge is 0.229 e. The van der Waals surface area contributed by atoms with Gasteiger partial charge in [-0.3, -0.25) is 4.79 Å². The van der Waals surface area contributed by atoms with Gasteiger partial charge in [0.15, 0.2) is 0 Å². The summed E-state index contributed by atoms with van der Waals surface area (Å²) in [5.41, 5.74) is 1.74. The van der Waals surface area contributed by atoms with Gasteiger partial charge in [0, 0.05) is 12.6 Å². The summed E-state index contributed by atoms with van der Waals surface area (Å²) in [6.45, 7) is 4.77. The number of anilines is 2. The fourth-order valence-corrected chi connectivity index (χ4v) is 1.98. The van der Waals surface area contributed by atoms with Gasteiger partial charge in [-0.1, -0.05) is 13.8 Å². The van der Waals surface area contributed by atoms with Crippen molar-refractivity contribution in [3.8, 4) is 5.75 Å². The molecule has 1 amide bonds. The molecule has 2 rings (SSSR count). The second-order valence-corrected chi connectivity index (χ2v) is 4.63. The van der Waals surface area contributed by atoms with Gasteiger partial charge < -0.3 is 15.4 Å². The number of rotatable bonds is 2. The number of benzene rings is 1. The highest BCUT2D eigenvalue weighted by molar-refractivity contribution is 5.97. The molecule has 1 aromatic carbocycles. The van der Waals surface area contributed by atoms with Crippen molar-refractivity contribution in [3.05, 3.63) is 18.2 Å². The van der Waals surface area contributed by atoms with E-state index < -0.39 is 0 Å². The van der Waals surface area contributed by atoms with E-state index in [9.17, 15) is 4.79 Å². The number of ether oxygens (including phenoxy) is 1. The summed E-state index contributed by atoms with van der Waals surface area (Å²) >= 11 is 0. The lowest BCUT2D eigenvalue weighted by Crippen LogP contribution is -2.29. The highest BCUT2D eigenvalue weighted by Gasteiger charge is 2.25. The molecule has 4 heteroatoms. The minimum absolute atomic E-state index is 0.00612. The molecule has 0 bridgehead atoms. The van der Waals surface area contributed by atoms with Crippen molar-refractivity contribution in [3.63, 3.8) is 0 Å². The lowest BCUT2D eigenvalue weighted by Gasteiger charge is -2.16. The Bertz CT molecular complexity index is 429. The molecule has 1 atom stereocenters. The van der Waals surface area contributed by atoms with Crippen molar-refractivity contribution >= 4 is 17.3 Å². The van der Waals surface area contributed by atoms with Gasteiger partial charge >= 0.3 is 0 Å². The van der Waals surface area contributed by atoms with E-state index >= 15 is 0 Å². The molecule has 0 aromatic heterocycles. The molecule has 1 heterocycles. The van der Waals surface area contributed by atoms with Crippen molar-refractivity contribution in [2.45, 2.75) is 13.8 Å². The number of hydrogen-bond donors (Lipinski definition) is 2. The van der Waals surface area contributed by atoms with Crippen molar-refractivity contribution in [2.75, 3.05) is 24.3 Å². The summed E-state index contributed by atoms with van der Waals surface area (Å²) in [5, 5.41) is 6.25. The third kappa shape index (κ3) is 2.35. The molecule has 2 N–H and O–H groups in total. The molecular formula is C13H18N2O2. The molecule has 0 radical (unpaired) electrons. The molecule has 1 aromatic rings. The third-order valence-corrected chi connectivity index (χ3v) is 3.14. The summed E-state index contributed by atoms with van der Waals surface area (Å²) in [5.74, 6) is 1.18. The topological polar surface area (TPSA) is 50.4 Å². The maximum absolute atomic E-state index is 12.0. The molecule has 1 aliphatic heterocycles. The molecule has 0 fully saturated rings. The highest BCUT2D eigenvalue weighted by atomic mass is 16.5. The van der Waals surface area contributed by atoms with Crippen LogP contribution in [-0.4, -0.2) is 19.6 Å². The van der Waals surface area contributed by atoms with Gasteiger partial charge in [0.2, 0.25) is 5.91 Å². The Balaban J connectivity index is 2.28. The first kappa shape index (κ1) is 11.8. The molecular weight excluding hydrogens is 216 g/mol. The van der Waals surface area contributed by atoms with E-state index in [0.717, 1.165) is 17.1 Å². The van der Waals surface area contributed by atoms with Crippen molar-refractivity contribution in [1.29, 1.82) is 0 Å². The van der Waals surface area contributed by atoms with Crippen molar-refractivity contribution in [2.24, 2.45) is 11.8 Å². The normalized spacial score (nSPS) is 19.1. The second kappa shape index (κ2) is 4.65. The lowest BCUT2D eigenvalue weighted by molar-refractivity contribution is -0.120. The fraction of sp³-hybridized carbons (Fsp3) is 0.462. The number of methoxy groups -OCH3 is 1. The maximum Gasteiger partial charge on any atom is 0.229 e. The second-order valence-electron chi connectivity index (χ2n) is 4.63. The van der Waals surface area contributed by atoms with Gasteiger partial charge in [-0.05, 0) is 18.1 Å². The average Bonchev–Trinajstić information content (AvgIpc) is 2.46. The van der Waals surface area contributed by atoms with Crippen LogP contribution in [0.4, 0.5) is 11.4 Å². The zero-order chi connectivity index (χ0) is 12.4. The summed E-state index contributed by atoms with van der Waals surface area (Å²) in [4.78, 5) is 12.0. The third-order valence-electron chi connectivity index (χ3n) is 3.14. The number of hydrogen-bond acceptors (Lipinski definition) is 3. The summed E-state index contributed by atoms with van der Waals surface area (Å²) in [6, 6.07) is 5.61. The molecule has 17 heavy (non-hydrogen) atoms. The Kier molecular flexibility index (Phi) is 3.22. The van der Waals surface area contributed by atoms with Crippen LogP contribution in [0.3, 0.4) is 0 Å². The molecule has 4 nitrogen and oxygen atoms in total. The van der Waals surface area contributed by atoms with Crippen LogP contribution < -0.4 is 15.4 Å². The van der Waals surface area contributed by atoms with E-state index in [-0.39, 0.29) is 11.8 Å². The van der Waals surface area contributed by atoms with Crippen LogP contribution in [0, 0.1) is 11.8 Å². The Morgan fingerprint density at radius 2 is 2.12 bits per heavy atom. The first-order chi connectivity index (χ1) is 8.11. The summed E-state index contributed by atoms with van der Waals surface area (Å²) in [6.07, 6.45) is 0. The Morgan fingerprint density at radius 3 is 2.76 bits per heavy atom. The first-order valence-electron chi connectivity index (χ1n) is 5.84. The van der Waals surface area contributed by atoms with Gasteiger partial charge in [0.1, 0.15) is 5.75 Å². The molecule has 0 aliphatic carbocycles. The predicted octanol–water partition coefficient (Wildman–Crippen LogP) is 2.33. The quantitative estimate of drug-likeness (QED) is 0.825. The van der Waals surface area contributed by atoms with Crippen molar-refractivity contribution < 1.29 is 9.53 Å². The van der Waals surface area contributed by atoms with E-state index in [1.165, 1.54) is 0 Å². The zero-order valence-corrected chi connectivity index (χ0v) is 10.4. The number of fused-ring (bicyclic) bond motifs is 1. The maximum atomic E-state index is 12.0. The van der Waals surface area contributed by atoms with Crippen LogP contribution in [0.15, 0.2) is 18.2 Å². The summed E-state index contributed by atoms with van der Waals surface area (Å²) in [7, 11) is 1.63. The Labute approximate surface area is 101 Å². The predicted molar refractivity (Wildman–Crippen MR) is 68.4 cm³/mol. The highest BCUT2D eigenvalue weighted by Crippen LogP contribution is 2.30. The first-order valence-corrected chi connectivity index (χ1v) is 5.84. The molecule has 0 spiro atoms. The van der Waals surface area contributed by atoms with E-state index in [0.29, 0.717) is 12.5 Å². The van der Waals surface area contributed by atoms with Gasteiger partial charge in [-0.2, -0.15) is 0 Å². The number of carbonyl (C=O) groups is 1. The molecule has 92 valence electrons. The van der Waals surface area contributed by atoms with Gasteiger partial charge in [-0.15, -0.1) is 0 Å². The molecule has 0 saturated heterocycles. The zero-order valence-electron chi connectivity index (χ0n) is 10.4. The number of carbonyl (C=O) groups excluding carboxylic acids is 1. The number of amides is 1.